The van der Waals surface area contributed by atoms with Crippen LogP contribution < -0.4 is 10.6 Å². The van der Waals surface area contributed by atoms with Crippen molar-refractivity contribution in [2.75, 3.05) is 17.2 Å². The average molecular weight is 306 g/mol. The number of hydrogen-bond donors (Lipinski definition) is 1. The second kappa shape index (κ2) is 5.87. The van der Waals surface area contributed by atoms with Gasteiger partial charge in [0.05, 0.1) is 16.4 Å². The van der Waals surface area contributed by atoms with Gasteiger partial charge in [0, 0.05) is 13.1 Å². The summed E-state index contributed by atoms with van der Waals surface area (Å²) in [6.45, 7) is 3.85. The monoisotopic (exact) mass is 305 g/mol. The van der Waals surface area contributed by atoms with Crippen LogP contribution in [0, 0.1) is 0 Å². The smallest absolute Gasteiger partial charge is 0.143 e. The number of nitrogens with zero attached hydrogens (tertiary/aromatic N) is 2. The predicted molar refractivity (Wildman–Crippen MR) is 79.5 cm³/mol. The van der Waals surface area contributed by atoms with Crippen LogP contribution in [0.25, 0.3) is 0 Å². The van der Waals surface area contributed by atoms with Gasteiger partial charge in [-0.15, -0.1) is 0 Å². The van der Waals surface area contributed by atoms with Crippen LogP contribution in [-0.4, -0.2) is 11.5 Å². The highest BCUT2D eigenvalue weighted by molar-refractivity contribution is 9.10. The summed E-state index contributed by atoms with van der Waals surface area (Å²) in [6, 6.07) is 12.2. The highest BCUT2D eigenvalue weighted by Crippen LogP contribution is 2.26. The van der Waals surface area contributed by atoms with Gasteiger partial charge in [0.25, 0.3) is 0 Å². The molecule has 0 bridgehead atoms. The van der Waals surface area contributed by atoms with E-state index in [1.54, 1.807) is 6.20 Å². The van der Waals surface area contributed by atoms with Gasteiger partial charge in [-0.05, 0) is 34.5 Å². The largest absolute Gasteiger partial charge is 0.397 e. The molecule has 1 aromatic carbocycles. The van der Waals surface area contributed by atoms with Gasteiger partial charge in [0.1, 0.15) is 5.82 Å². The number of nitrogens with two attached hydrogens (primary N) is 1. The number of rotatable bonds is 4. The molecule has 2 rings (SSSR count). The van der Waals surface area contributed by atoms with Crippen molar-refractivity contribution < 1.29 is 0 Å². The van der Waals surface area contributed by atoms with E-state index in [1.165, 1.54) is 5.56 Å². The zero-order chi connectivity index (χ0) is 13.0. The average Bonchev–Trinajstić information content (AvgIpc) is 2.38. The van der Waals surface area contributed by atoms with E-state index in [0.29, 0.717) is 5.69 Å². The molecule has 94 valence electrons. The molecule has 0 fully saturated rings. The molecule has 1 heterocycles. The highest BCUT2D eigenvalue weighted by atomic mass is 79.9. The SMILES string of the molecule is CCN(Cc1ccccc1)c1ncc(N)cc1Br. The first kappa shape index (κ1) is 12.9. The van der Waals surface area contributed by atoms with Crippen molar-refractivity contribution in [1.82, 2.24) is 4.98 Å². The van der Waals surface area contributed by atoms with Crippen molar-refractivity contribution in [3.8, 4) is 0 Å². The van der Waals surface area contributed by atoms with E-state index >= 15 is 0 Å². The Labute approximate surface area is 116 Å². The van der Waals surface area contributed by atoms with E-state index in [0.717, 1.165) is 23.4 Å². The second-order valence-corrected chi connectivity index (χ2v) is 4.93. The third kappa shape index (κ3) is 3.01. The van der Waals surface area contributed by atoms with Gasteiger partial charge in [-0.25, -0.2) is 4.98 Å². The molecule has 18 heavy (non-hydrogen) atoms. The lowest BCUT2D eigenvalue weighted by Crippen LogP contribution is -2.23. The fraction of sp³-hybridized carbons (Fsp3) is 0.214. The van der Waals surface area contributed by atoms with Crippen LogP contribution in [0.2, 0.25) is 0 Å². The summed E-state index contributed by atoms with van der Waals surface area (Å²) in [4.78, 5) is 6.61. The summed E-state index contributed by atoms with van der Waals surface area (Å²) in [5.74, 6) is 0.926. The Kier molecular flexibility index (Phi) is 4.20. The van der Waals surface area contributed by atoms with Crippen LogP contribution in [0.15, 0.2) is 47.1 Å². The molecule has 0 atom stereocenters. The molecule has 0 saturated carbocycles. The lowest BCUT2D eigenvalue weighted by atomic mass is 10.2. The molecule has 1 aromatic heterocycles. The predicted octanol–water partition coefficient (Wildman–Crippen LogP) is 3.45. The molecule has 0 radical (unpaired) electrons. The van der Waals surface area contributed by atoms with Gasteiger partial charge in [-0.1, -0.05) is 30.3 Å². The van der Waals surface area contributed by atoms with E-state index in [1.807, 2.05) is 12.1 Å². The number of anilines is 2. The van der Waals surface area contributed by atoms with Crippen molar-refractivity contribution in [3.05, 3.63) is 52.6 Å². The van der Waals surface area contributed by atoms with E-state index in [9.17, 15) is 0 Å². The quantitative estimate of drug-likeness (QED) is 0.940. The van der Waals surface area contributed by atoms with Crippen LogP contribution in [0.4, 0.5) is 11.5 Å². The summed E-state index contributed by atoms with van der Waals surface area (Å²) in [6.07, 6.45) is 1.69. The maximum Gasteiger partial charge on any atom is 0.143 e. The fourth-order valence-electron chi connectivity index (χ4n) is 1.82. The molecule has 2 aromatic rings. The number of pyridine rings is 1. The lowest BCUT2D eigenvalue weighted by Gasteiger charge is -2.23. The fourth-order valence-corrected chi connectivity index (χ4v) is 2.44. The Bertz CT molecular complexity index is 514. The van der Waals surface area contributed by atoms with Gasteiger partial charge in [0.15, 0.2) is 0 Å². The Morgan fingerprint density at radius 2 is 2.00 bits per heavy atom. The topological polar surface area (TPSA) is 42.2 Å². The second-order valence-electron chi connectivity index (χ2n) is 4.07. The summed E-state index contributed by atoms with van der Waals surface area (Å²) in [5, 5.41) is 0. The molecule has 0 aliphatic rings. The molecule has 0 unspecified atom stereocenters. The van der Waals surface area contributed by atoms with Crippen LogP contribution >= 0.6 is 15.9 Å². The van der Waals surface area contributed by atoms with Crippen molar-refractivity contribution in [2.24, 2.45) is 0 Å². The minimum absolute atomic E-state index is 0.668. The Hall–Kier alpha value is -1.55. The molecule has 0 aliphatic carbocycles. The molecule has 0 aliphatic heterocycles. The lowest BCUT2D eigenvalue weighted by molar-refractivity contribution is 0.811. The van der Waals surface area contributed by atoms with Crippen molar-refractivity contribution in [2.45, 2.75) is 13.5 Å². The van der Waals surface area contributed by atoms with Gasteiger partial charge in [-0.2, -0.15) is 0 Å². The molecular weight excluding hydrogens is 290 g/mol. The molecule has 0 saturated heterocycles. The van der Waals surface area contributed by atoms with Crippen LogP contribution in [0.1, 0.15) is 12.5 Å². The molecule has 4 heteroatoms. The first-order valence-electron chi connectivity index (χ1n) is 5.90. The summed E-state index contributed by atoms with van der Waals surface area (Å²) >= 11 is 3.52. The Morgan fingerprint density at radius 3 is 2.61 bits per heavy atom. The number of nitrogen functional groups attached to an aromatic ring is 1. The Morgan fingerprint density at radius 1 is 1.28 bits per heavy atom. The van der Waals surface area contributed by atoms with Crippen LogP contribution in [0.5, 0.6) is 0 Å². The first-order chi connectivity index (χ1) is 8.70. The van der Waals surface area contributed by atoms with E-state index in [-0.39, 0.29) is 0 Å². The standard InChI is InChI=1S/C14H16BrN3/c1-2-18(10-11-6-4-3-5-7-11)14-13(15)8-12(16)9-17-14/h3-9H,2,10,16H2,1H3. The van der Waals surface area contributed by atoms with Gasteiger partial charge < -0.3 is 10.6 Å². The zero-order valence-electron chi connectivity index (χ0n) is 10.3. The number of halogens is 1. The maximum absolute atomic E-state index is 5.71. The number of aromatic nitrogens is 1. The van der Waals surface area contributed by atoms with Crippen molar-refractivity contribution >= 4 is 27.4 Å². The molecule has 0 amide bonds. The van der Waals surface area contributed by atoms with E-state index in [2.05, 4.69) is 57.0 Å². The van der Waals surface area contributed by atoms with Gasteiger partial charge in [-0.3, -0.25) is 0 Å². The van der Waals surface area contributed by atoms with Gasteiger partial charge >= 0.3 is 0 Å². The Balaban J connectivity index is 2.23. The first-order valence-corrected chi connectivity index (χ1v) is 6.70. The molecular formula is C14H16BrN3. The molecule has 3 nitrogen and oxygen atoms in total. The van der Waals surface area contributed by atoms with E-state index < -0.39 is 0 Å². The van der Waals surface area contributed by atoms with Crippen molar-refractivity contribution in [1.29, 1.82) is 0 Å². The van der Waals surface area contributed by atoms with E-state index in [4.69, 9.17) is 5.73 Å². The third-order valence-corrected chi connectivity index (χ3v) is 3.32. The summed E-state index contributed by atoms with van der Waals surface area (Å²) < 4.78 is 0.931. The van der Waals surface area contributed by atoms with Crippen molar-refractivity contribution in [3.63, 3.8) is 0 Å². The third-order valence-electron chi connectivity index (χ3n) is 2.74. The minimum Gasteiger partial charge on any atom is -0.397 e. The molecule has 0 spiro atoms. The number of benzene rings is 1. The maximum atomic E-state index is 5.71. The minimum atomic E-state index is 0.668. The summed E-state index contributed by atoms with van der Waals surface area (Å²) in [5.41, 5.74) is 7.65. The summed E-state index contributed by atoms with van der Waals surface area (Å²) in [7, 11) is 0. The van der Waals surface area contributed by atoms with Crippen LogP contribution in [-0.2, 0) is 6.54 Å². The van der Waals surface area contributed by atoms with Crippen LogP contribution in [0.3, 0.4) is 0 Å². The number of hydrogen-bond acceptors (Lipinski definition) is 3. The normalized spacial score (nSPS) is 10.3. The van der Waals surface area contributed by atoms with Gasteiger partial charge in [0.2, 0.25) is 0 Å². The highest BCUT2D eigenvalue weighted by Gasteiger charge is 2.10. The zero-order valence-corrected chi connectivity index (χ0v) is 11.9. The molecule has 2 N–H and O–H groups in total.